The Kier molecular flexibility index (Phi) is 5.94. The molecule has 2 N–H and O–H groups in total. The maximum Gasteiger partial charge on any atom is 0.247 e. The number of nitriles is 1. The number of carbonyl (C=O) groups is 1. The number of imidazole rings is 1. The molecule has 0 radical (unpaired) electrons. The second-order valence-electron chi connectivity index (χ2n) is 7.68. The Hall–Kier alpha value is -4.06. The minimum absolute atomic E-state index is 0.177. The number of aryl methyl sites for hydroxylation is 1. The first-order valence-corrected chi connectivity index (χ1v) is 10.4. The van der Waals surface area contributed by atoms with Crippen LogP contribution in [-0.4, -0.2) is 46.7 Å². The molecule has 1 aliphatic heterocycles. The first kappa shape index (κ1) is 21.2. The summed E-state index contributed by atoms with van der Waals surface area (Å²) in [5.74, 6) is 1.82. The van der Waals surface area contributed by atoms with Gasteiger partial charge in [-0.3, -0.25) is 4.79 Å². The van der Waals surface area contributed by atoms with Gasteiger partial charge in [0.05, 0.1) is 24.3 Å². The number of anilines is 3. The number of ether oxygens (including phenoxy) is 1. The highest BCUT2D eigenvalue weighted by molar-refractivity contribution is 6.00. The molecule has 0 bridgehead atoms. The second kappa shape index (κ2) is 8.98. The third-order valence-corrected chi connectivity index (χ3v) is 5.57. The van der Waals surface area contributed by atoms with Crippen LogP contribution in [0.5, 0.6) is 5.75 Å². The number of benzene rings is 1. The Balaban J connectivity index is 1.53. The second-order valence-corrected chi connectivity index (χ2v) is 7.68. The molecule has 3 heterocycles. The molecule has 1 atom stereocenters. The van der Waals surface area contributed by atoms with E-state index in [1.807, 2.05) is 25.2 Å². The Labute approximate surface area is 186 Å². The van der Waals surface area contributed by atoms with Gasteiger partial charge in [-0.15, -0.1) is 0 Å². The standard InChI is InChI=1S/C23H25N7O2/c1-4-22(31)27-16-7-8-19-18(10-16)28-23(29(19)2)30-9-5-6-17(14-30)26-21-11-20(32-3)15(12-24)13-25-21/h4,7-8,10-11,13,17H,1,5-6,9,14H2,2-3H3,(H,25,26)(H,27,31)/t17-/m1/s1. The van der Waals surface area contributed by atoms with Crippen molar-refractivity contribution in [2.75, 3.05) is 35.7 Å². The van der Waals surface area contributed by atoms with Crippen LogP contribution in [0.3, 0.4) is 0 Å². The predicted molar refractivity (Wildman–Crippen MR) is 124 cm³/mol. The molecule has 2 aromatic heterocycles. The van der Waals surface area contributed by atoms with Gasteiger partial charge in [-0.25, -0.2) is 9.97 Å². The maximum absolute atomic E-state index is 11.6. The third-order valence-electron chi connectivity index (χ3n) is 5.57. The van der Waals surface area contributed by atoms with Gasteiger partial charge < -0.3 is 24.8 Å². The highest BCUT2D eigenvalue weighted by Crippen LogP contribution is 2.27. The Morgan fingerprint density at radius 3 is 3.00 bits per heavy atom. The summed E-state index contributed by atoms with van der Waals surface area (Å²) in [6.45, 7) is 5.15. The van der Waals surface area contributed by atoms with Crippen LogP contribution in [0.1, 0.15) is 18.4 Å². The van der Waals surface area contributed by atoms with Crippen molar-refractivity contribution in [2.45, 2.75) is 18.9 Å². The van der Waals surface area contributed by atoms with Crippen molar-refractivity contribution in [1.82, 2.24) is 14.5 Å². The molecule has 3 aromatic rings. The lowest BCUT2D eigenvalue weighted by Crippen LogP contribution is -2.43. The zero-order chi connectivity index (χ0) is 22.7. The number of amides is 1. The quantitative estimate of drug-likeness (QED) is 0.578. The predicted octanol–water partition coefficient (Wildman–Crippen LogP) is 3.05. The van der Waals surface area contributed by atoms with Crippen molar-refractivity contribution < 1.29 is 9.53 Å². The van der Waals surface area contributed by atoms with Crippen LogP contribution in [0.15, 0.2) is 43.1 Å². The van der Waals surface area contributed by atoms with Crippen molar-refractivity contribution in [3.63, 3.8) is 0 Å². The number of methoxy groups -OCH3 is 1. The minimum Gasteiger partial charge on any atom is -0.495 e. The number of carbonyl (C=O) groups excluding carboxylic acids is 1. The summed E-state index contributed by atoms with van der Waals surface area (Å²) in [6, 6.07) is 9.70. The molecule has 1 fully saturated rings. The molecular formula is C23H25N7O2. The molecule has 32 heavy (non-hydrogen) atoms. The van der Waals surface area contributed by atoms with E-state index in [1.54, 1.807) is 13.2 Å². The highest BCUT2D eigenvalue weighted by Gasteiger charge is 2.24. The van der Waals surface area contributed by atoms with Crippen LogP contribution in [-0.2, 0) is 11.8 Å². The minimum atomic E-state index is -0.251. The van der Waals surface area contributed by atoms with Gasteiger partial charge in [0, 0.05) is 37.9 Å². The summed E-state index contributed by atoms with van der Waals surface area (Å²) in [6.07, 6.45) is 4.78. The number of nitrogens with one attached hydrogen (secondary N) is 2. The largest absolute Gasteiger partial charge is 0.495 e. The molecule has 1 aromatic carbocycles. The molecule has 0 saturated carbocycles. The van der Waals surface area contributed by atoms with Crippen LogP contribution in [0, 0.1) is 11.3 Å². The van der Waals surface area contributed by atoms with E-state index < -0.39 is 0 Å². The summed E-state index contributed by atoms with van der Waals surface area (Å²) < 4.78 is 7.36. The monoisotopic (exact) mass is 431 g/mol. The number of rotatable bonds is 6. The lowest BCUT2D eigenvalue weighted by molar-refractivity contribution is -0.111. The zero-order valence-corrected chi connectivity index (χ0v) is 18.1. The summed E-state index contributed by atoms with van der Waals surface area (Å²) in [7, 11) is 3.54. The van der Waals surface area contributed by atoms with Crippen molar-refractivity contribution in [1.29, 1.82) is 5.26 Å². The maximum atomic E-state index is 11.6. The molecule has 0 spiro atoms. The van der Waals surface area contributed by atoms with Crippen molar-refractivity contribution in [3.05, 3.63) is 48.7 Å². The van der Waals surface area contributed by atoms with Gasteiger partial charge in [0.1, 0.15) is 23.2 Å². The van der Waals surface area contributed by atoms with Gasteiger partial charge in [0.15, 0.2) is 0 Å². The number of fused-ring (bicyclic) bond motifs is 1. The van der Waals surface area contributed by atoms with Crippen molar-refractivity contribution in [3.8, 4) is 11.8 Å². The molecule has 164 valence electrons. The van der Waals surface area contributed by atoms with Crippen LogP contribution < -0.4 is 20.3 Å². The average molecular weight is 432 g/mol. The lowest BCUT2D eigenvalue weighted by Gasteiger charge is -2.34. The molecule has 1 saturated heterocycles. The first-order chi connectivity index (χ1) is 15.5. The fourth-order valence-corrected chi connectivity index (χ4v) is 4.00. The number of pyridine rings is 1. The van der Waals surface area contributed by atoms with E-state index in [0.717, 1.165) is 42.9 Å². The molecule has 1 amide bonds. The third kappa shape index (κ3) is 4.21. The van der Waals surface area contributed by atoms with Gasteiger partial charge in [-0.2, -0.15) is 5.26 Å². The van der Waals surface area contributed by atoms with Crippen molar-refractivity contribution in [2.24, 2.45) is 7.05 Å². The van der Waals surface area contributed by atoms with E-state index in [2.05, 4.69) is 37.7 Å². The fourth-order valence-electron chi connectivity index (χ4n) is 4.00. The highest BCUT2D eigenvalue weighted by atomic mass is 16.5. The summed E-state index contributed by atoms with van der Waals surface area (Å²) in [5, 5.41) is 15.4. The van der Waals surface area contributed by atoms with Gasteiger partial charge >= 0.3 is 0 Å². The Morgan fingerprint density at radius 2 is 2.25 bits per heavy atom. The SMILES string of the molecule is C=CC(=O)Nc1ccc2c(c1)nc(N1CCC[C@@H](Nc3cc(OC)c(C#N)cn3)C1)n2C. The number of hydrogen-bond acceptors (Lipinski definition) is 7. The van der Waals surface area contributed by atoms with E-state index in [1.165, 1.54) is 12.3 Å². The van der Waals surface area contributed by atoms with Gasteiger partial charge in [0.2, 0.25) is 11.9 Å². The lowest BCUT2D eigenvalue weighted by atomic mass is 10.1. The number of aromatic nitrogens is 3. The van der Waals surface area contributed by atoms with Gasteiger partial charge in [0.25, 0.3) is 0 Å². The van der Waals surface area contributed by atoms with E-state index in [9.17, 15) is 4.79 Å². The first-order valence-electron chi connectivity index (χ1n) is 10.4. The van der Waals surface area contributed by atoms with E-state index in [0.29, 0.717) is 22.8 Å². The molecule has 4 rings (SSSR count). The van der Waals surface area contributed by atoms with E-state index in [-0.39, 0.29) is 11.9 Å². The molecule has 1 aliphatic rings. The Morgan fingerprint density at radius 1 is 1.41 bits per heavy atom. The smallest absolute Gasteiger partial charge is 0.247 e. The normalized spacial score (nSPS) is 15.8. The van der Waals surface area contributed by atoms with Crippen LogP contribution in [0.2, 0.25) is 0 Å². The van der Waals surface area contributed by atoms with E-state index in [4.69, 9.17) is 15.0 Å². The molecule has 9 nitrogen and oxygen atoms in total. The van der Waals surface area contributed by atoms with Gasteiger partial charge in [-0.05, 0) is 37.1 Å². The summed E-state index contributed by atoms with van der Waals surface area (Å²) in [4.78, 5) is 23.0. The summed E-state index contributed by atoms with van der Waals surface area (Å²) in [5.41, 5.74) is 2.90. The zero-order valence-electron chi connectivity index (χ0n) is 18.1. The number of hydrogen-bond donors (Lipinski definition) is 2. The van der Waals surface area contributed by atoms with Crippen LogP contribution in [0.25, 0.3) is 11.0 Å². The fraction of sp³-hybridized carbons (Fsp3) is 0.304. The number of nitrogens with zero attached hydrogens (tertiary/aromatic N) is 5. The molecular weight excluding hydrogens is 406 g/mol. The average Bonchev–Trinajstić information content (AvgIpc) is 3.14. The van der Waals surface area contributed by atoms with Crippen LogP contribution >= 0.6 is 0 Å². The van der Waals surface area contributed by atoms with Gasteiger partial charge in [-0.1, -0.05) is 6.58 Å². The summed E-state index contributed by atoms with van der Waals surface area (Å²) >= 11 is 0. The molecule has 0 unspecified atom stereocenters. The number of piperidine rings is 1. The van der Waals surface area contributed by atoms with Crippen LogP contribution in [0.4, 0.5) is 17.5 Å². The Bertz CT molecular complexity index is 1210. The molecule has 9 heteroatoms. The van der Waals surface area contributed by atoms with E-state index >= 15 is 0 Å². The molecule has 0 aliphatic carbocycles. The van der Waals surface area contributed by atoms with Crippen molar-refractivity contribution >= 4 is 34.4 Å². The topological polar surface area (TPSA) is 108 Å².